The Kier molecular flexibility index (Phi) is 4.65. The minimum atomic E-state index is -0.329. The zero-order valence-corrected chi connectivity index (χ0v) is 14.3. The Labute approximate surface area is 155 Å². The molecule has 0 spiro atoms. The van der Waals surface area contributed by atoms with Crippen LogP contribution in [0.2, 0.25) is 0 Å². The minimum Gasteiger partial charge on any atom is -0.484 e. The monoisotopic (exact) mass is 360 g/mol. The van der Waals surface area contributed by atoms with Gasteiger partial charge in [-0.25, -0.2) is 4.98 Å². The van der Waals surface area contributed by atoms with E-state index < -0.39 is 0 Å². The van der Waals surface area contributed by atoms with Crippen molar-refractivity contribution in [1.29, 1.82) is 0 Å². The second-order valence-corrected chi connectivity index (χ2v) is 5.74. The van der Waals surface area contributed by atoms with Gasteiger partial charge in [0.25, 0.3) is 5.91 Å². The van der Waals surface area contributed by atoms with Crippen LogP contribution in [0.4, 0.5) is 5.88 Å². The van der Waals surface area contributed by atoms with Crippen LogP contribution in [0, 0.1) is 0 Å². The van der Waals surface area contributed by atoms with Crippen molar-refractivity contribution >= 4 is 11.8 Å². The van der Waals surface area contributed by atoms with Crippen LogP contribution in [0.3, 0.4) is 0 Å². The SMILES string of the molecule is O=C(COc1ccc(-n2ccnc2)cc1)Nc1cc(-c2ccccc2)no1. The molecule has 7 nitrogen and oxygen atoms in total. The highest BCUT2D eigenvalue weighted by Gasteiger charge is 2.10. The minimum absolute atomic E-state index is 0.133. The first-order valence-corrected chi connectivity index (χ1v) is 8.31. The van der Waals surface area contributed by atoms with Gasteiger partial charge in [0.15, 0.2) is 6.61 Å². The van der Waals surface area contributed by atoms with Crippen LogP contribution in [-0.2, 0) is 4.79 Å². The molecule has 0 fully saturated rings. The number of imidazole rings is 1. The van der Waals surface area contributed by atoms with E-state index in [0.717, 1.165) is 11.3 Å². The van der Waals surface area contributed by atoms with Crippen molar-refractivity contribution in [2.24, 2.45) is 0 Å². The molecule has 0 aliphatic carbocycles. The molecule has 2 aromatic heterocycles. The Bertz CT molecular complexity index is 1010. The number of amides is 1. The molecule has 0 unspecified atom stereocenters. The number of ether oxygens (including phenoxy) is 1. The van der Waals surface area contributed by atoms with E-state index in [9.17, 15) is 4.79 Å². The number of aromatic nitrogens is 3. The van der Waals surface area contributed by atoms with Crippen molar-refractivity contribution in [3.05, 3.63) is 79.4 Å². The topological polar surface area (TPSA) is 82.2 Å². The van der Waals surface area contributed by atoms with Gasteiger partial charge in [0.1, 0.15) is 11.4 Å². The zero-order chi connectivity index (χ0) is 18.5. The lowest BCUT2D eigenvalue weighted by molar-refractivity contribution is -0.118. The summed E-state index contributed by atoms with van der Waals surface area (Å²) in [5.74, 6) is 0.541. The third kappa shape index (κ3) is 4.04. The number of rotatable bonds is 6. The van der Waals surface area contributed by atoms with Crippen LogP contribution >= 0.6 is 0 Å². The third-order valence-corrected chi connectivity index (χ3v) is 3.85. The van der Waals surface area contributed by atoms with E-state index in [4.69, 9.17) is 9.26 Å². The van der Waals surface area contributed by atoms with Gasteiger partial charge in [-0.1, -0.05) is 35.5 Å². The first kappa shape index (κ1) is 16.6. The molecule has 2 aromatic carbocycles. The summed E-state index contributed by atoms with van der Waals surface area (Å²) in [6, 6.07) is 18.6. The predicted molar refractivity (Wildman–Crippen MR) is 99.6 cm³/mol. The molecule has 4 rings (SSSR count). The molecule has 7 heteroatoms. The number of benzene rings is 2. The molecule has 134 valence electrons. The standard InChI is InChI=1S/C20H16N4O3/c25-19(22-20-12-18(23-27-20)15-4-2-1-3-5-15)13-26-17-8-6-16(7-9-17)24-11-10-21-14-24/h1-12,14H,13H2,(H,22,25). The lowest BCUT2D eigenvalue weighted by Gasteiger charge is -2.07. The van der Waals surface area contributed by atoms with E-state index in [1.807, 2.05) is 53.2 Å². The van der Waals surface area contributed by atoms with Crippen molar-refractivity contribution in [3.63, 3.8) is 0 Å². The Morgan fingerprint density at radius 2 is 1.93 bits per heavy atom. The fourth-order valence-corrected chi connectivity index (χ4v) is 2.53. The lowest BCUT2D eigenvalue weighted by atomic mass is 10.2. The molecule has 0 aliphatic rings. The first-order chi connectivity index (χ1) is 13.3. The Morgan fingerprint density at radius 1 is 1.11 bits per heavy atom. The van der Waals surface area contributed by atoms with Crippen LogP contribution in [0.15, 0.2) is 83.9 Å². The number of carbonyl (C=O) groups excluding carboxylic acids is 1. The summed E-state index contributed by atoms with van der Waals surface area (Å²) in [6.45, 7) is -0.133. The van der Waals surface area contributed by atoms with Crippen LogP contribution in [0.1, 0.15) is 0 Å². The van der Waals surface area contributed by atoms with Crippen molar-refractivity contribution in [2.45, 2.75) is 0 Å². The molecule has 0 atom stereocenters. The zero-order valence-electron chi connectivity index (χ0n) is 14.3. The van der Waals surface area contributed by atoms with Gasteiger partial charge in [-0.15, -0.1) is 0 Å². The summed E-state index contributed by atoms with van der Waals surface area (Å²) in [5.41, 5.74) is 2.53. The summed E-state index contributed by atoms with van der Waals surface area (Å²) in [5, 5.41) is 6.58. The second-order valence-electron chi connectivity index (χ2n) is 5.74. The third-order valence-electron chi connectivity index (χ3n) is 3.85. The highest BCUT2D eigenvalue weighted by Crippen LogP contribution is 2.21. The number of nitrogens with one attached hydrogen (secondary N) is 1. The Hall–Kier alpha value is -3.87. The van der Waals surface area contributed by atoms with E-state index in [1.54, 1.807) is 30.7 Å². The highest BCUT2D eigenvalue weighted by molar-refractivity contribution is 5.91. The average molecular weight is 360 g/mol. The average Bonchev–Trinajstić information content (AvgIpc) is 3.40. The maximum atomic E-state index is 12.0. The lowest BCUT2D eigenvalue weighted by Crippen LogP contribution is -2.19. The fourth-order valence-electron chi connectivity index (χ4n) is 2.53. The molecule has 0 aliphatic heterocycles. The van der Waals surface area contributed by atoms with Crippen molar-refractivity contribution in [2.75, 3.05) is 11.9 Å². The maximum Gasteiger partial charge on any atom is 0.264 e. The number of hydrogen-bond donors (Lipinski definition) is 1. The Balaban J connectivity index is 1.32. The molecule has 27 heavy (non-hydrogen) atoms. The van der Waals surface area contributed by atoms with Gasteiger partial charge in [-0.05, 0) is 24.3 Å². The molecule has 4 aromatic rings. The van der Waals surface area contributed by atoms with E-state index in [0.29, 0.717) is 11.4 Å². The summed E-state index contributed by atoms with van der Waals surface area (Å²) in [6.07, 6.45) is 5.27. The summed E-state index contributed by atoms with van der Waals surface area (Å²) in [4.78, 5) is 16.1. The van der Waals surface area contributed by atoms with Gasteiger partial charge >= 0.3 is 0 Å². The molecule has 0 radical (unpaired) electrons. The van der Waals surface area contributed by atoms with Gasteiger partial charge in [0, 0.05) is 29.7 Å². The molecule has 1 N–H and O–H groups in total. The van der Waals surface area contributed by atoms with Crippen molar-refractivity contribution in [3.8, 4) is 22.7 Å². The second kappa shape index (κ2) is 7.57. The van der Waals surface area contributed by atoms with Crippen LogP contribution in [0.5, 0.6) is 5.75 Å². The van der Waals surface area contributed by atoms with E-state index in [1.165, 1.54) is 0 Å². The fraction of sp³-hybridized carbons (Fsp3) is 0.0500. The first-order valence-electron chi connectivity index (χ1n) is 8.31. The molecule has 0 saturated heterocycles. The molecular weight excluding hydrogens is 344 g/mol. The van der Waals surface area contributed by atoms with E-state index in [-0.39, 0.29) is 18.4 Å². The van der Waals surface area contributed by atoms with Gasteiger partial charge in [-0.3, -0.25) is 10.1 Å². The molecular formula is C20H16N4O3. The van der Waals surface area contributed by atoms with Gasteiger partial charge in [-0.2, -0.15) is 0 Å². The number of nitrogens with zero attached hydrogens (tertiary/aromatic N) is 3. The summed E-state index contributed by atoms with van der Waals surface area (Å²) < 4.78 is 12.5. The van der Waals surface area contributed by atoms with Gasteiger partial charge < -0.3 is 13.8 Å². The molecule has 0 saturated carbocycles. The van der Waals surface area contributed by atoms with E-state index >= 15 is 0 Å². The number of carbonyl (C=O) groups is 1. The Morgan fingerprint density at radius 3 is 2.67 bits per heavy atom. The molecule has 2 heterocycles. The van der Waals surface area contributed by atoms with Gasteiger partial charge in [0.05, 0.1) is 6.33 Å². The normalized spacial score (nSPS) is 10.5. The highest BCUT2D eigenvalue weighted by atomic mass is 16.5. The van der Waals surface area contributed by atoms with E-state index in [2.05, 4.69) is 15.5 Å². The number of hydrogen-bond acceptors (Lipinski definition) is 5. The predicted octanol–water partition coefficient (Wildman–Crippen LogP) is 3.54. The van der Waals surface area contributed by atoms with Crippen molar-refractivity contribution in [1.82, 2.24) is 14.7 Å². The quantitative estimate of drug-likeness (QED) is 0.569. The smallest absolute Gasteiger partial charge is 0.264 e. The summed E-state index contributed by atoms with van der Waals surface area (Å²) >= 11 is 0. The van der Waals surface area contributed by atoms with Crippen LogP contribution in [-0.4, -0.2) is 27.2 Å². The molecule has 0 bridgehead atoms. The van der Waals surface area contributed by atoms with Crippen LogP contribution < -0.4 is 10.1 Å². The molecule has 1 amide bonds. The summed E-state index contributed by atoms with van der Waals surface area (Å²) in [7, 11) is 0. The van der Waals surface area contributed by atoms with Crippen LogP contribution in [0.25, 0.3) is 16.9 Å². The number of anilines is 1. The van der Waals surface area contributed by atoms with Crippen molar-refractivity contribution < 1.29 is 14.1 Å². The largest absolute Gasteiger partial charge is 0.484 e. The van der Waals surface area contributed by atoms with Gasteiger partial charge in [0.2, 0.25) is 5.88 Å². The maximum absolute atomic E-state index is 12.0.